The van der Waals surface area contributed by atoms with Crippen molar-refractivity contribution in [1.82, 2.24) is 0 Å². The molecule has 3 aromatic rings. The van der Waals surface area contributed by atoms with Crippen LogP contribution in [-0.2, 0) is 14.3 Å². The molecule has 2 amide bonds. The molecule has 0 aliphatic carbocycles. The number of para-hydroxylation sites is 2. The zero-order chi connectivity index (χ0) is 22.2. The summed E-state index contributed by atoms with van der Waals surface area (Å²) in [6.45, 7) is -0.769. The number of halogens is 1. The minimum Gasteiger partial charge on any atom is -1.00 e. The Morgan fingerprint density at radius 3 is 2.00 bits per heavy atom. The van der Waals surface area contributed by atoms with Crippen molar-refractivity contribution in [3.63, 3.8) is 0 Å². The van der Waals surface area contributed by atoms with Crippen LogP contribution in [-0.4, -0.2) is 36.1 Å². The molecule has 0 aromatic heterocycles. The molecule has 9 heteroatoms. The largest absolute Gasteiger partial charge is 1.00 e. The molecule has 0 aliphatic heterocycles. The molecule has 0 fully saturated rings. The Balaban J connectivity index is 0.00000272. The minimum absolute atomic E-state index is 0. The van der Waals surface area contributed by atoms with Crippen LogP contribution in [0.15, 0.2) is 78.9 Å². The number of nitrogens with zero attached hydrogens (tertiary/aromatic N) is 1. The molecule has 0 saturated heterocycles. The normalized spacial score (nSPS) is 10.0. The number of carboxylic acid groups (broad SMARTS) is 1. The van der Waals surface area contributed by atoms with Crippen molar-refractivity contribution >= 4 is 46.4 Å². The molecule has 0 aliphatic rings. The summed E-state index contributed by atoms with van der Waals surface area (Å²) in [7, 11) is 0. The Labute approximate surface area is 213 Å². The van der Waals surface area contributed by atoms with Gasteiger partial charge in [-0.25, -0.2) is 4.79 Å². The fourth-order valence-electron chi connectivity index (χ4n) is 2.88. The molecule has 7 nitrogen and oxygen atoms in total. The van der Waals surface area contributed by atoms with Gasteiger partial charge in [-0.15, -0.1) is 0 Å². The van der Waals surface area contributed by atoms with Crippen LogP contribution >= 0.6 is 11.6 Å². The van der Waals surface area contributed by atoms with E-state index in [1.807, 2.05) is 36.4 Å². The van der Waals surface area contributed by atoms with Crippen LogP contribution < -0.4 is 39.8 Å². The van der Waals surface area contributed by atoms with Gasteiger partial charge in [0, 0.05) is 16.4 Å². The number of nitrogens with one attached hydrogen (secondary N) is 1. The molecule has 0 spiro atoms. The molecule has 3 aromatic carbocycles. The van der Waals surface area contributed by atoms with Crippen LogP contribution in [0.25, 0.3) is 0 Å². The first-order valence-electron chi connectivity index (χ1n) is 9.29. The van der Waals surface area contributed by atoms with Crippen molar-refractivity contribution in [3.05, 3.63) is 89.4 Å². The quantitative estimate of drug-likeness (QED) is 0.494. The number of amides is 2. The van der Waals surface area contributed by atoms with E-state index < -0.39 is 18.5 Å². The number of ether oxygens (including phenoxy) is 1. The van der Waals surface area contributed by atoms with Gasteiger partial charge in [0.15, 0.2) is 0 Å². The van der Waals surface area contributed by atoms with Gasteiger partial charge in [-0.05, 0) is 42.5 Å². The summed E-state index contributed by atoms with van der Waals surface area (Å²) >= 11 is 5.80. The van der Waals surface area contributed by atoms with E-state index in [4.69, 9.17) is 16.3 Å². The number of anilines is 3. The molecule has 0 heterocycles. The number of rotatable bonds is 8. The molecule has 3 rings (SSSR count). The van der Waals surface area contributed by atoms with E-state index in [1.165, 1.54) is 23.1 Å². The summed E-state index contributed by atoms with van der Waals surface area (Å²) < 4.78 is 5.30. The minimum atomic E-state index is -1.23. The van der Waals surface area contributed by atoms with Crippen molar-refractivity contribution in [3.8, 4) is 0 Å². The maximum Gasteiger partial charge on any atom is 1.00 e. The second kappa shape index (κ2) is 12.4. The Morgan fingerprint density at radius 2 is 1.47 bits per heavy atom. The Hall–Kier alpha value is -2.68. The van der Waals surface area contributed by atoms with Crippen molar-refractivity contribution in [2.45, 2.75) is 0 Å². The first kappa shape index (κ1) is 25.6. The molecule has 0 unspecified atom stereocenters. The first-order valence-corrected chi connectivity index (χ1v) is 9.67. The van der Waals surface area contributed by atoms with E-state index >= 15 is 0 Å². The van der Waals surface area contributed by atoms with Gasteiger partial charge in [-0.1, -0.05) is 48.0 Å². The Morgan fingerprint density at radius 1 is 0.906 bits per heavy atom. The van der Waals surface area contributed by atoms with Gasteiger partial charge in [0.1, 0.15) is 13.2 Å². The van der Waals surface area contributed by atoms with E-state index in [0.717, 1.165) is 0 Å². The Bertz CT molecular complexity index is 1050. The van der Waals surface area contributed by atoms with Gasteiger partial charge in [-0.2, -0.15) is 0 Å². The fourth-order valence-corrected chi connectivity index (χ4v) is 3.05. The molecular weight excluding hydrogens is 443 g/mol. The predicted octanol–water partition coefficient (Wildman–Crippen LogP) is 1.47. The van der Waals surface area contributed by atoms with Crippen LogP contribution in [0, 0.1) is 0 Å². The molecule has 160 valence electrons. The van der Waals surface area contributed by atoms with E-state index in [9.17, 15) is 19.5 Å². The maximum atomic E-state index is 12.8. The van der Waals surface area contributed by atoms with Crippen LogP contribution in [0.3, 0.4) is 0 Å². The first-order chi connectivity index (χ1) is 15.0. The summed E-state index contributed by atoms with van der Waals surface area (Å²) in [6.07, 6.45) is 0. The number of carboxylic acids is 1. The fraction of sp³-hybridized carbons (Fsp3) is 0.0870. The van der Waals surface area contributed by atoms with Crippen LogP contribution in [0.2, 0.25) is 5.02 Å². The van der Waals surface area contributed by atoms with Crippen molar-refractivity contribution in [2.24, 2.45) is 0 Å². The van der Waals surface area contributed by atoms with Gasteiger partial charge < -0.3 is 16.6 Å². The number of benzene rings is 3. The smallest absolute Gasteiger partial charge is 1.00 e. The van der Waals surface area contributed by atoms with Crippen LogP contribution in [0.1, 0.15) is 11.8 Å². The molecular formula is C23H20ClN2NaO5. The summed E-state index contributed by atoms with van der Waals surface area (Å²) in [5.41, 5.74) is 1.28. The second-order valence-corrected chi connectivity index (χ2v) is 6.87. The maximum absolute atomic E-state index is 12.8. The topological polar surface area (TPSA) is 95.9 Å². The van der Waals surface area contributed by atoms with Gasteiger partial charge in [0.2, 0.25) is 5.91 Å². The Kier molecular flexibility index (Phi) is 9.90. The van der Waals surface area contributed by atoms with Gasteiger partial charge in [0.05, 0.1) is 11.3 Å². The average Bonchev–Trinajstić information content (AvgIpc) is 2.76. The predicted molar refractivity (Wildman–Crippen MR) is 119 cm³/mol. The second-order valence-electron chi connectivity index (χ2n) is 6.44. The molecule has 32 heavy (non-hydrogen) atoms. The standard InChI is InChI=1S/C23H19ClN2O5.Na.H/c24-16-11-12-20(19(13-16)23(29)30)25-21(27)14-31-15-22(28)26(17-7-3-1-4-8-17)18-9-5-2-6-10-18;;/h1-13H,14-15H2,(H,25,27)(H,29,30);;/q;+1;-1. The summed E-state index contributed by atoms with van der Waals surface area (Å²) in [4.78, 5) is 37.8. The van der Waals surface area contributed by atoms with Crippen molar-refractivity contribution in [2.75, 3.05) is 23.4 Å². The SMILES string of the molecule is O=C(COCC(=O)N(c1ccccc1)c1ccccc1)Nc1ccc(Cl)cc1C(=O)O.[H-].[Na+]. The molecule has 0 bridgehead atoms. The third kappa shape index (κ3) is 6.91. The van der Waals surface area contributed by atoms with E-state index in [0.29, 0.717) is 11.4 Å². The van der Waals surface area contributed by atoms with Crippen molar-refractivity contribution in [1.29, 1.82) is 0 Å². The van der Waals surface area contributed by atoms with Crippen LogP contribution in [0.4, 0.5) is 17.1 Å². The summed E-state index contributed by atoms with van der Waals surface area (Å²) in [5.74, 6) is -2.18. The summed E-state index contributed by atoms with van der Waals surface area (Å²) in [5, 5.41) is 11.9. The summed E-state index contributed by atoms with van der Waals surface area (Å²) in [6, 6.07) is 22.2. The zero-order valence-electron chi connectivity index (χ0n) is 18.3. The molecule has 0 radical (unpaired) electrons. The van der Waals surface area contributed by atoms with Crippen molar-refractivity contribution < 1.29 is 55.2 Å². The third-order valence-corrected chi connectivity index (χ3v) is 4.46. The van der Waals surface area contributed by atoms with E-state index in [-0.39, 0.29) is 59.8 Å². The monoisotopic (exact) mass is 462 g/mol. The average molecular weight is 463 g/mol. The number of hydrogen-bond donors (Lipinski definition) is 2. The molecule has 2 N–H and O–H groups in total. The number of carbonyl (C=O) groups is 3. The number of carbonyl (C=O) groups excluding carboxylic acids is 2. The van der Waals surface area contributed by atoms with Gasteiger partial charge in [-0.3, -0.25) is 14.5 Å². The van der Waals surface area contributed by atoms with E-state index in [2.05, 4.69) is 5.32 Å². The number of hydrogen-bond acceptors (Lipinski definition) is 4. The zero-order valence-corrected chi connectivity index (χ0v) is 20.1. The van der Waals surface area contributed by atoms with Gasteiger partial charge >= 0.3 is 35.5 Å². The molecule has 0 saturated carbocycles. The van der Waals surface area contributed by atoms with E-state index in [1.54, 1.807) is 24.3 Å². The third-order valence-electron chi connectivity index (χ3n) is 4.22. The van der Waals surface area contributed by atoms with Gasteiger partial charge in [0.25, 0.3) is 5.91 Å². The number of aromatic carboxylic acids is 1. The van der Waals surface area contributed by atoms with Crippen LogP contribution in [0.5, 0.6) is 0 Å². The molecule has 0 atom stereocenters.